The molecule has 2 rings (SSSR count). The van der Waals surface area contributed by atoms with Crippen LogP contribution in [-0.4, -0.2) is 0 Å². The Morgan fingerprint density at radius 3 is 2.59 bits per heavy atom. The molecular weight excluding hydrogens is 228 g/mol. The molecule has 0 spiro atoms. The van der Waals surface area contributed by atoms with Gasteiger partial charge in [-0.05, 0) is 47.1 Å². The van der Waals surface area contributed by atoms with Crippen LogP contribution in [0.4, 0.5) is 0 Å². The lowest BCUT2D eigenvalue weighted by molar-refractivity contribution is 0.513. The summed E-state index contributed by atoms with van der Waals surface area (Å²) in [6.45, 7) is 6.78. The van der Waals surface area contributed by atoms with Crippen molar-refractivity contribution in [1.82, 2.24) is 0 Å². The molecular formula is C16H19Cl. The molecule has 0 aromatic heterocycles. The molecule has 0 aliphatic heterocycles. The molecule has 1 aromatic rings. The number of halogens is 1. The molecule has 1 aliphatic carbocycles. The predicted molar refractivity (Wildman–Crippen MR) is 76.2 cm³/mol. The van der Waals surface area contributed by atoms with Crippen LogP contribution in [0.15, 0.2) is 42.0 Å². The minimum absolute atomic E-state index is 0.226. The van der Waals surface area contributed by atoms with Crippen LogP contribution in [0.5, 0.6) is 0 Å². The number of hydrogen-bond donors (Lipinski definition) is 0. The van der Waals surface area contributed by atoms with E-state index >= 15 is 0 Å². The minimum atomic E-state index is 0.226. The monoisotopic (exact) mass is 246 g/mol. The van der Waals surface area contributed by atoms with Crippen molar-refractivity contribution in [3.63, 3.8) is 0 Å². The maximum Gasteiger partial charge on any atom is 0.0412 e. The summed E-state index contributed by atoms with van der Waals surface area (Å²) >= 11 is 6.05. The van der Waals surface area contributed by atoms with E-state index in [2.05, 4.69) is 45.1 Å². The lowest BCUT2D eigenvalue weighted by Gasteiger charge is -2.25. The van der Waals surface area contributed by atoms with Gasteiger partial charge in [-0.25, -0.2) is 0 Å². The highest BCUT2D eigenvalue weighted by atomic mass is 35.5. The Hall–Kier alpha value is -1.01. The SMILES string of the molecule is CC(C)(C)C1=CCCC(c2cccc(Cl)c2)=C1. The first-order chi connectivity index (χ1) is 7.97. The average Bonchev–Trinajstić information content (AvgIpc) is 2.28. The molecule has 0 saturated heterocycles. The highest BCUT2D eigenvalue weighted by molar-refractivity contribution is 6.30. The number of rotatable bonds is 1. The molecule has 0 bridgehead atoms. The maximum atomic E-state index is 6.05. The van der Waals surface area contributed by atoms with Crippen LogP contribution in [0.3, 0.4) is 0 Å². The van der Waals surface area contributed by atoms with Gasteiger partial charge in [0, 0.05) is 5.02 Å². The Balaban J connectivity index is 2.35. The van der Waals surface area contributed by atoms with Crippen molar-refractivity contribution in [3.05, 3.63) is 52.6 Å². The standard InChI is InChI=1S/C16H19Cl/c1-16(2,3)14-8-4-6-12(10-14)13-7-5-9-15(17)11-13/h5,7-11H,4,6H2,1-3H3. The Kier molecular flexibility index (Phi) is 3.44. The van der Waals surface area contributed by atoms with Gasteiger partial charge >= 0.3 is 0 Å². The lowest BCUT2D eigenvalue weighted by atomic mass is 9.80. The van der Waals surface area contributed by atoms with Crippen molar-refractivity contribution in [1.29, 1.82) is 0 Å². The van der Waals surface area contributed by atoms with E-state index in [1.165, 1.54) is 16.7 Å². The van der Waals surface area contributed by atoms with Crippen LogP contribution in [-0.2, 0) is 0 Å². The average molecular weight is 247 g/mol. The summed E-state index contributed by atoms with van der Waals surface area (Å²) in [5.41, 5.74) is 4.32. The third-order valence-electron chi connectivity index (χ3n) is 3.17. The Morgan fingerprint density at radius 1 is 1.18 bits per heavy atom. The fraction of sp³-hybridized carbons (Fsp3) is 0.375. The molecule has 0 nitrogen and oxygen atoms in total. The zero-order chi connectivity index (χ0) is 12.5. The van der Waals surface area contributed by atoms with Gasteiger partial charge in [-0.2, -0.15) is 0 Å². The van der Waals surface area contributed by atoms with E-state index in [0.29, 0.717) is 0 Å². The maximum absolute atomic E-state index is 6.05. The van der Waals surface area contributed by atoms with Crippen molar-refractivity contribution in [2.45, 2.75) is 33.6 Å². The molecule has 0 saturated carbocycles. The first-order valence-electron chi connectivity index (χ1n) is 6.14. The molecule has 1 aromatic carbocycles. The first kappa shape index (κ1) is 12.4. The zero-order valence-electron chi connectivity index (χ0n) is 10.8. The largest absolute Gasteiger partial charge is 0.0843 e. The van der Waals surface area contributed by atoms with E-state index in [-0.39, 0.29) is 5.41 Å². The third-order valence-corrected chi connectivity index (χ3v) is 3.40. The smallest absolute Gasteiger partial charge is 0.0412 e. The molecule has 90 valence electrons. The highest BCUT2D eigenvalue weighted by Gasteiger charge is 2.18. The summed E-state index contributed by atoms with van der Waals surface area (Å²) in [5, 5.41) is 0.815. The number of benzene rings is 1. The van der Waals surface area contributed by atoms with E-state index in [9.17, 15) is 0 Å². The first-order valence-corrected chi connectivity index (χ1v) is 6.52. The van der Waals surface area contributed by atoms with Crippen molar-refractivity contribution in [3.8, 4) is 0 Å². The van der Waals surface area contributed by atoms with Crippen LogP contribution in [0.2, 0.25) is 5.02 Å². The van der Waals surface area contributed by atoms with Crippen LogP contribution < -0.4 is 0 Å². The zero-order valence-corrected chi connectivity index (χ0v) is 11.5. The Labute approximate surface area is 109 Å². The van der Waals surface area contributed by atoms with Gasteiger partial charge in [0.25, 0.3) is 0 Å². The van der Waals surface area contributed by atoms with E-state index < -0.39 is 0 Å². The van der Waals surface area contributed by atoms with E-state index in [1.807, 2.05) is 12.1 Å². The molecule has 0 heterocycles. The van der Waals surface area contributed by atoms with Crippen molar-refractivity contribution in [2.75, 3.05) is 0 Å². The number of allylic oxidation sites excluding steroid dienone is 4. The van der Waals surface area contributed by atoms with Gasteiger partial charge in [0.15, 0.2) is 0 Å². The highest BCUT2D eigenvalue weighted by Crippen LogP contribution is 2.35. The van der Waals surface area contributed by atoms with Gasteiger partial charge in [-0.3, -0.25) is 0 Å². The second-order valence-corrected chi connectivity index (χ2v) is 6.06. The summed E-state index contributed by atoms with van der Waals surface area (Å²) in [5.74, 6) is 0. The van der Waals surface area contributed by atoms with Crippen molar-refractivity contribution >= 4 is 17.2 Å². The van der Waals surface area contributed by atoms with E-state index in [1.54, 1.807) is 0 Å². The molecule has 1 aliphatic rings. The van der Waals surface area contributed by atoms with E-state index in [0.717, 1.165) is 17.9 Å². The summed E-state index contributed by atoms with van der Waals surface area (Å²) in [4.78, 5) is 0. The van der Waals surface area contributed by atoms with Crippen molar-refractivity contribution < 1.29 is 0 Å². The lowest BCUT2D eigenvalue weighted by Crippen LogP contribution is -2.10. The van der Waals surface area contributed by atoms with Crippen LogP contribution in [0, 0.1) is 5.41 Å². The number of hydrogen-bond acceptors (Lipinski definition) is 0. The van der Waals surface area contributed by atoms with Crippen LogP contribution in [0.25, 0.3) is 5.57 Å². The van der Waals surface area contributed by atoms with Gasteiger partial charge in [0.2, 0.25) is 0 Å². The molecule has 0 fully saturated rings. The molecule has 1 heteroatoms. The van der Waals surface area contributed by atoms with Gasteiger partial charge in [0.05, 0.1) is 0 Å². The molecule has 17 heavy (non-hydrogen) atoms. The van der Waals surface area contributed by atoms with Gasteiger partial charge in [-0.1, -0.05) is 56.7 Å². The fourth-order valence-electron chi connectivity index (χ4n) is 2.14. The topological polar surface area (TPSA) is 0 Å². The molecule has 0 radical (unpaired) electrons. The molecule has 0 unspecified atom stereocenters. The minimum Gasteiger partial charge on any atom is -0.0843 e. The summed E-state index contributed by atoms with van der Waals surface area (Å²) in [7, 11) is 0. The third kappa shape index (κ3) is 3.01. The molecule has 0 atom stereocenters. The fourth-order valence-corrected chi connectivity index (χ4v) is 2.33. The molecule has 0 N–H and O–H groups in total. The quantitative estimate of drug-likeness (QED) is 0.615. The summed E-state index contributed by atoms with van der Waals surface area (Å²) in [6.07, 6.45) is 6.92. The van der Waals surface area contributed by atoms with Gasteiger partial charge in [-0.15, -0.1) is 0 Å². The van der Waals surface area contributed by atoms with Gasteiger partial charge < -0.3 is 0 Å². The summed E-state index contributed by atoms with van der Waals surface area (Å²) in [6, 6.07) is 8.14. The Bertz CT molecular complexity index is 473. The van der Waals surface area contributed by atoms with E-state index in [4.69, 9.17) is 11.6 Å². The molecule has 0 amide bonds. The van der Waals surface area contributed by atoms with Crippen LogP contribution in [0.1, 0.15) is 39.2 Å². The summed E-state index contributed by atoms with van der Waals surface area (Å²) < 4.78 is 0. The Morgan fingerprint density at radius 2 is 1.94 bits per heavy atom. The van der Waals surface area contributed by atoms with Gasteiger partial charge in [0.1, 0.15) is 0 Å². The predicted octanol–water partition coefficient (Wildman–Crippen LogP) is 5.49. The second-order valence-electron chi connectivity index (χ2n) is 5.63. The van der Waals surface area contributed by atoms with Crippen molar-refractivity contribution in [2.24, 2.45) is 5.41 Å². The second kappa shape index (κ2) is 4.70. The van der Waals surface area contributed by atoms with Crippen LogP contribution >= 0.6 is 11.6 Å². The normalized spacial score (nSPS) is 16.5.